The maximum atomic E-state index is 11.2. The minimum atomic E-state index is -0.451. The Kier molecular flexibility index (Phi) is 3.86. The van der Waals surface area contributed by atoms with Crippen LogP contribution in [0.15, 0.2) is 40.8 Å². The van der Waals surface area contributed by atoms with E-state index in [1.165, 1.54) is 0 Å². The standard InChI is InChI=1S/C12H12ClN3O2/c13-8-1-3-9(4-2-8)15-7-10-5-6-11(18-10)12(17)16-14/h1-6,15H,7,14H2,(H,16,17). The van der Waals surface area contributed by atoms with Crippen molar-refractivity contribution in [3.63, 3.8) is 0 Å². The van der Waals surface area contributed by atoms with E-state index in [0.717, 1.165) is 5.69 Å². The van der Waals surface area contributed by atoms with Crippen LogP contribution in [0.3, 0.4) is 0 Å². The van der Waals surface area contributed by atoms with Gasteiger partial charge < -0.3 is 9.73 Å². The number of anilines is 1. The van der Waals surface area contributed by atoms with Crippen molar-refractivity contribution in [1.82, 2.24) is 5.43 Å². The van der Waals surface area contributed by atoms with Crippen LogP contribution < -0.4 is 16.6 Å². The van der Waals surface area contributed by atoms with Crippen molar-refractivity contribution in [3.8, 4) is 0 Å². The number of halogens is 1. The van der Waals surface area contributed by atoms with Crippen LogP contribution in [-0.4, -0.2) is 5.91 Å². The number of carbonyl (C=O) groups excluding carboxylic acids is 1. The minimum absolute atomic E-state index is 0.186. The summed E-state index contributed by atoms with van der Waals surface area (Å²) >= 11 is 5.78. The zero-order valence-corrected chi connectivity index (χ0v) is 10.2. The maximum Gasteiger partial charge on any atom is 0.300 e. The SMILES string of the molecule is NNC(=O)c1ccc(CNc2ccc(Cl)cc2)o1. The molecule has 1 aromatic carbocycles. The van der Waals surface area contributed by atoms with Gasteiger partial charge in [0.2, 0.25) is 0 Å². The third kappa shape index (κ3) is 3.03. The fraction of sp³-hybridized carbons (Fsp3) is 0.0833. The van der Waals surface area contributed by atoms with Gasteiger partial charge in [0, 0.05) is 10.7 Å². The summed E-state index contributed by atoms with van der Waals surface area (Å²) in [6.07, 6.45) is 0. The molecule has 0 fully saturated rings. The van der Waals surface area contributed by atoms with E-state index in [1.54, 1.807) is 24.3 Å². The highest BCUT2D eigenvalue weighted by Gasteiger charge is 2.08. The number of nitrogen functional groups attached to an aromatic ring is 1. The normalized spacial score (nSPS) is 10.1. The number of nitrogens with two attached hydrogens (primary N) is 1. The predicted molar refractivity (Wildman–Crippen MR) is 69.1 cm³/mol. The first-order chi connectivity index (χ1) is 8.69. The van der Waals surface area contributed by atoms with E-state index in [9.17, 15) is 4.79 Å². The second-order valence-corrected chi connectivity index (χ2v) is 4.04. The maximum absolute atomic E-state index is 11.2. The summed E-state index contributed by atoms with van der Waals surface area (Å²) in [5, 5.41) is 3.82. The summed E-state index contributed by atoms with van der Waals surface area (Å²) in [5.74, 6) is 5.38. The molecule has 0 atom stereocenters. The number of benzene rings is 1. The molecule has 18 heavy (non-hydrogen) atoms. The first-order valence-electron chi connectivity index (χ1n) is 5.28. The van der Waals surface area contributed by atoms with Crippen LogP contribution in [0.25, 0.3) is 0 Å². The molecule has 0 aliphatic heterocycles. The number of hydrogen-bond donors (Lipinski definition) is 3. The van der Waals surface area contributed by atoms with Gasteiger partial charge in [-0.1, -0.05) is 11.6 Å². The predicted octanol–water partition coefficient (Wildman–Crippen LogP) is 2.15. The van der Waals surface area contributed by atoms with Gasteiger partial charge in [-0.25, -0.2) is 5.84 Å². The molecule has 5 nitrogen and oxygen atoms in total. The lowest BCUT2D eigenvalue weighted by Crippen LogP contribution is -2.29. The summed E-state index contributed by atoms with van der Waals surface area (Å²) < 4.78 is 5.30. The van der Waals surface area contributed by atoms with Crippen LogP contribution in [0, 0.1) is 0 Å². The largest absolute Gasteiger partial charge is 0.454 e. The highest BCUT2D eigenvalue weighted by molar-refractivity contribution is 6.30. The van der Waals surface area contributed by atoms with Crippen LogP contribution in [0.1, 0.15) is 16.3 Å². The van der Waals surface area contributed by atoms with Crippen molar-refractivity contribution in [1.29, 1.82) is 0 Å². The highest BCUT2D eigenvalue weighted by atomic mass is 35.5. The quantitative estimate of drug-likeness (QED) is 0.450. The van der Waals surface area contributed by atoms with Crippen LogP contribution >= 0.6 is 11.6 Å². The van der Waals surface area contributed by atoms with E-state index < -0.39 is 5.91 Å². The van der Waals surface area contributed by atoms with Crippen molar-refractivity contribution in [2.75, 3.05) is 5.32 Å². The van der Waals surface area contributed by atoms with Crippen molar-refractivity contribution in [2.24, 2.45) is 5.84 Å². The van der Waals surface area contributed by atoms with Crippen molar-refractivity contribution in [3.05, 3.63) is 52.9 Å². The fourth-order valence-corrected chi connectivity index (χ4v) is 1.55. The number of hydrogen-bond acceptors (Lipinski definition) is 4. The van der Waals surface area contributed by atoms with Crippen LogP contribution in [-0.2, 0) is 6.54 Å². The van der Waals surface area contributed by atoms with Crippen molar-refractivity contribution in [2.45, 2.75) is 6.54 Å². The van der Waals surface area contributed by atoms with E-state index >= 15 is 0 Å². The average Bonchev–Trinajstić information content (AvgIpc) is 2.86. The van der Waals surface area contributed by atoms with Crippen molar-refractivity contribution < 1.29 is 9.21 Å². The minimum Gasteiger partial charge on any atom is -0.454 e. The molecule has 1 amide bonds. The molecule has 0 aliphatic rings. The highest BCUT2D eigenvalue weighted by Crippen LogP contribution is 2.15. The summed E-state index contributed by atoms with van der Waals surface area (Å²) in [6, 6.07) is 10.6. The average molecular weight is 266 g/mol. The molecule has 0 aliphatic carbocycles. The molecule has 2 aromatic rings. The van der Waals surface area contributed by atoms with E-state index in [2.05, 4.69) is 5.32 Å². The summed E-state index contributed by atoms with van der Waals surface area (Å²) in [7, 11) is 0. The second kappa shape index (κ2) is 5.57. The van der Waals surface area contributed by atoms with Gasteiger partial charge in [0.1, 0.15) is 5.76 Å². The molecular formula is C12H12ClN3O2. The molecule has 2 rings (SSSR count). The molecule has 1 aromatic heterocycles. The molecule has 0 unspecified atom stereocenters. The molecule has 94 valence electrons. The number of furan rings is 1. The fourth-order valence-electron chi connectivity index (χ4n) is 1.42. The first kappa shape index (κ1) is 12.5. The number of carbonyl (C=O) groups is 1. The summed E-state index contributed by atoms with van der Waals surface area (Å²) in [4.78, 5) is 11.2. The zero-order valence-electron chi connectivity index (χ0n) is 9.44. The Hall–Kier alpha value is -1.98. The molecule has 0 bridgehead atoms. The molecule has 4 N–H and O–H groups in total. The van der Waals surface area contributed by atoms with Gasteiger partial charge in [-0.05, 0) is 36.4 Å². The Morgan fingerprint density at radius 1 is 1.22 bits per heavy atom. The third-order valence-corrected chi connectivity index (χ3v) is 2.58. The Balaban J connectivity index is 1.96. The Labute approximate surface area is 109 Å². The number of nitrogens with one attached hydrogen (secondary N) is 2. The van der Waals surface area contributed by atoms with Crippen LogP contribution in [0.5, 0.6) is 0 Å². The molecule has 0 saturated carbocycles. The van der Waals surface area contributed by atoms with Crippen LogP contribution in [0.2, 0.25) is 5.02 Å². The van der Waals surface area contributed by atoms with Gasteiger partial charge in [0.25, 0.3) is 0 Å². The van der Waals surface area contributed by atoms with Crippen LogP contribution in [0.4, 0.5) is 5.69 Å². The molecule has 0 saturated heterocycles. The molecular weight excluding hydrogens is 254 g/mol. The lowest BCUT2D eigenvalue weighted by molar-refractivity contribution is 0.0924. The summed E-state index contributed by atoms with van der Waals surface area (Å²) in [5.41, 5.74) is 2.92. The molecule has 6 heteroatoms. The smallest absolute Gasteiger partial charge is 0.300 e. The summed E-state index contributed by atoms with van der Waals surface area (Å²) in [6.45, 7) is 0.472. The third-order valence-electron chi connectivity index (χ3n) is 2.33. The van der Waals surface area contributed by atoms with Gasteiger partial charge in [0.15, 0.2) is 5.76 Å². The van der Waals surface area contributed by atoms with Gasteiger partial charge >= 0.3 is 5.91 Å². The van der Waals surface area contributed by atoms with Gasteiger partial charge in [-0.3, -0.25) is 10.2 Å². The van der Waals surface area contributed by atoms with Gasteiger partial charge in [0.05, 0.1) is 6.54 Å². The number of amides is 1. The molecule has 0 radical (unpaired) electrons. The lowest BCUT2D eigenvalue weighted by atomic mass is 10.3. The molecule has 1 heterocycles. The van der Waals surface area contributed by atoms with E-state index in [-0.39, 0.29) is 5.76 Å². The first-order valence-corrected chi connectivity index (χ1v) is 5.66. The molecule has 0 spiro atoms. The second-order valence-electron chi connectivity index (χ2n) is 3.60. The van der Waals surface area contributed by atoms with E-state index in [0.29, 0.717) is 17.3 Å². The topological polar surface area (TPSA) is 80.3 Å². The van der Waals surface area contributed by atoms with Crippen molar-refractivity contribution >= 4 is 23.2 Å². The zero-order chi connectivity index (χ0) is 13.0. The van der Waals surface area contributed by atoms with E-state index in [1.807, 2.05) is 17.6 Å². The monoisotopic (exact) mass is 265 g/mol. The Morgan fingerprint density at radius 2 is 1.94 bits per heavy atom. The number of rotatable bonds is 4. The Morgan fingerprint density at radius 3 is 2.61 bits per heavy atom. The Bertz CT molecular complexity index is 537. The van der Waals surface area contributed by atoms with Gasteiger partial charge in [-0.2, -0.15) is 0 Å². The lowest BCUT2D eigenvalue weighted by Gasteiger charge is -2.04. The number of hydrazine groups is 1. The van der Waals surface area contributed by atoms with Gasteiger partial charge in [-0.15, -0.1) is 0 Å². The van der Waals surface area contributed by atoms with E-state index in [4.69, 9.17) is 21.9 Å².